The number of benzene rings is 1. The molecule has 0 aliphatic carbocycles. The average Bonchev–Trinajstić information content (AvgIpc) is 2.35. The van der Waals surface area contributed by atoms with Gasteiger partial charge in [0.25, 0.3) is 5.69 Å². The Kier molecular flexibility index (Phi) is 6.53. The predicted octanol–water partition coefficient (Wildman–Crippen LogP) is 2.43. The van der Waals surface area contributed by atoms with Crippen molar-refractivity contribution in [3.05, 3.63) is 33.9 Å². The molecule has 5 nitrogen and oxygen atoms in total. The van der Waals surface area contributed by atoms with Crippen LogP contribution in [0.25, 0.3) is 0 Å². The van der Waals surface area contributed by atoms with Gasteiger partial charge in [0.05, 0.1) is 4.92 Å². The van der Waals surface area contributed by atoms with Crippen molar-refractivity contribution in [3.8, 4) is 0 Å². The van der Waals surface area contributed by atoms with Crippen LogP contribution in [0.1, 0.15) is 12.0 Å². The molecule has 6 heteroatoms. The fraction of sp³-hybridized carbons (Fsp3) is 0.500. The zero-order valence-electron chi connectivity index (χ0n) is 10.4. The Morgan fingerprint density at radius 3 is 2.89 bits per heavy atom. The number of aliphatic hydroxyl groups is 1. The normalized spacial score (nSPS) is 10.3. The molecule has 0 saturated heterocycles. The zero-order valence-corrected chi connectivity index (χ0v) is 11.2. The minimum absolute atomic E-state index is 0.121. The number of hydrogen-bond acceptors (Lipinski definition) is 5. The molecule has 0 amide bonds. The Morgan fingerprint density at radius 1 is 1.44 bits per heavy atom. The summed E-state index contributed by atoms with van der Waals surface area (Å²) in [4.78, 5) is 10.5. The molecule has 0 atom stereocenters. The predicted molar refractivity (Wildman–Crippen MR) is 75.4 cm³/mol. The summed E-state index contributed by atoms with van der Waals surface area (Å²) in [6, 6.07) is 5.17. The van der Waals surface area contributed by atoms with Crippen LogP contribution in [0.2, 0.25) is 0 Å². The molecule has 0 heterocycles. The first-order valence-corrected chi connectivity index (χ1v) is 6.98. The number of rotatable bonds is 8. The third-order valence-corrected chi connectivity index (χ3v) is 3.43. The van der Waals surface area contributed by atoms with Gasteiger partial charge in [0.15, 0.2) is 0 Å². The van der Waals surface area contributed by atoms with Gasteiger partial charge in [0.2, 0.25) is 0 Å². The highest BCUT2D eigenvalue weighted by molar-refractivity contribution is 7.99. The monoisotopic (exact) mass is 270 g/mol. The molecule has 0 radical (unpaired) electrons. The van der Waals surface area contributed by atoms with Gasteiger partial charge in [-0.05, 0) is 30.7 Å². The van der Waals surface area contributed by atoms with E-state index in [2.05, 4.69) is 5.32 Å². The molecule has 1 aromatic carbocycles. The molecule has 0 aliphatic heterocycles. The highest BCUT2D eigenvalue weighted by Crippen LogP contribution is 2.25. The quantitative estimate of drug-likeness (QED) is 0.431. The molecule has 18 heavy (non-hydrogen) atoms. The van der Waals surface area contributed by atoms with Crippen molar-refractivity contribution in [3.63, 3.8) is 0 Å². The number of anilines is 1. The molecule has 0 saturated carbocycles. The van der Waals surface area contributed by atoms with Crippen molar-refractivity contribution in [1.29, 1.82) is 0 Å². The number of nitrogens with one attached hydrogen (secondary N) is 1. The van der Waals surface area contributed by atoms with Crippen LogP contribution in [0, 0.1) is 17.0 Å². The topological polar surface area (TPSA) is 75.4 Å². The second kappa shape index (κ2) is 7.94. The van der Waals surface area contributed by atoms with Gasteiger partial charge in [-0.15, -0.1) is 0 Å². The number of aryl methyl sites for hydroxylation is 1. The first kappa shape index (κ1) is 14.8. The van der Waals surface area contributed by atoms with E-state index in [1.54, 1.807) is 23.9 Å². The van der Waals surface area contributed by atoms with E-state index in [1.165, 1.54) is 0 Å². The Balaban J connectivity index is 2.44. The number of nitro benzene ring substituents is 1. The van der Waals surface area contributed by atoms with Crippen LogP contribution in [0.3, 0.4) is 0 Å². The molecule has 1 aromatic rings. The van der Waals surface area contributed by atoms with Gasteiger partial charge in [0, 0.05) is 25.0 Å². The first-order chi connectivity index (χ1) is 8.65. The third-order valence-electron chi connectivity index (χ3n) is 2.36. The van der Waals surface area contributed by atoms with Crippen molar-refractivity contribution < 1.29 is 10.0 Å². The van der Waals surface area contributed by atoms with Gasteiger partial charge in [-0.3, -0.25) is 10.1 Å². The summed E-state index contributed by atoms with van der Waals surface area (Å²) in [6.07, 6.45) is 0.787. The van der Waals surface area contributed by atoms with E-state index < -0.39 is 0 Å². The van der Waals surface area contributed by atoms with Crippen LogP contribution in [0.15, 0.2) is 18.2 Å². The molecular formula is C12H18N2O3S. The van der Waals surface area contributed by atoms with Crippen LogP contribution in [-0.2, 0) is 0 Å². The molecule has 0 aliphatic rings. The Bertz CT molecular complexity index is 399. The maximum atomic E-state index is 10.9. The fourth-order valence-corrected chi connectivity index (χ4v) is 2.25. The van der Waals surface area contributed by atoms with Crippen molar-refractivity contribution in [2.45, 2.75) is 13.3 Å². The lowest BCUT2D eigenvalue weighted by Gasteiger charge is -2.07. The zero-order chi connectivity index (χ0) is 13.4. The van der Waals surface area contributed by atoms with Gasteiger partial charge >= 0.3 is 0 Å². The van der Waals surface area contributed by atoms with Gasteiger partial charge in [-0.2, -0.15) is 11.8 Å². The molecule has 0 fully saturated rings. The highest BCUT2D eigenvalue weighted by atomic mass is 32.2. The van der Waals surface area contributed by atoms with Crippen LogP contribution < -0.4 is 5.32 Å². The summed E-state index contributed by atoms with van der Waals surface area (Å²) in [7, 11) is 0. The molecule has 100 valence electrons. The standard InChI is InChI=1S/C12H18N2O3S/c1-10-3-4-11(12(9-10)14(16)17)13-5-8-18-7-2-6-15/h3-4,9,13,15H,2,5-8H2,1H3. The lowest BCUT2D eigenvalue weighted by molar-refractivity contribution is -0.384. The Morgan fingerprint density at radius 2 is 2.22 bits per heavy atom. The highest BCUT2D eigenvalue weighted by Gasteiger charge is 2.12. The van der Waals surface area contributed by atoms with E-state index in [0.29, 0.717) is 12.2 Å². The van der Waals surface area contributed by atoms with Crippen molar-refractivity contribution in [1.82, 2.24) is 0 Å². The Hall–Kier alpha value is -1.27. The van der Waals surface area contributed by atoms with Crippen LogP contribution in [-0.4, -0.2) is 34.7 Å². The molecule has 0 spiro atoms. The molecule has 0 unspecified atom stereocenters. The number of hydrogen-bond donors (Lipinski definition) is 2. The second-order valence-electron chi connectivity index (χ2n) is 3.89. The smallest absolute Gasteiger partial charge is 0.292 e. The summed E-state index contributed by atoms with van der Waals surface area (Å²) in [5.41, 5.74) is 1.56. The van der Waals surface area contributed by atoms with Gasteiger partial charge in [-0.1, -0.05) is 6.07 Å². The lowest BCUT2D eigenvalue weighted by Crippen LogP contribution is -2.07. The van der Waals surface area contributed by atoms with Crippen LogP contribution in [0.5, 0.6) is 0 Å². The summed E-state index contributed by atoms with van der Waals surface area (Å²) in [6.45, 7) is 2.73. The minimum atomic E-state index is -0.367. The lowest BCUT2D eigenvalue weighted by atomic mass is 10.2. The maximum absolute atomic E-state index is 10.9. The molecule has 1 rings (SSSR count). The number of nitrogens with zero attached hydrogens (tertiary/aromatic N) is 1. The number of nitro groups is 1. The van der Waals surface area contributed by atoms with Crippen molar-refractivity contribution in [2.75, 3.05) is 30.0 Å². The summed E-state index contributed by atoms with van der Waals surface area (Å²) in [5, 5.41) is 22.6. The van der Waals surface area contributed by atoms with E-state index in [1.807, 2.05) is 13.0 Å². The van der Waals surface area contributed by atoms with E-state index in [-0.39, 0.29) is 17.2 Å². The van der Waals surface area contributed by atoms with E-state index in [4.69, 9.17) is 5.11 Å². The van der Waals surface area contributed by atoms with Crippen LogP contribution >= 0.6 is 11.8 Å². The van der Waals surface area contributed by atoms with E-state index in [9.17, 15) is 10.1 Å². The van der Waals surface area contributed by atoms with Crippen LogP contribution in [0.4, 0.5) is 11.4 Å². The summed E-state index contributed by atoms with van der Waals surface area (Å²) >= 11 is 1.72. The largest absolute Gasteiger partial charge is 0.396 e. The van der Waals surface area contributed by atoms with E-state index in [0.717, 1.165) is 23.5 Å². The fourth-order valence-electron chi connectivity index (χ4n) is 1.47. The summed E-state index contributed by atoms with van der Waals surface area (Å²) < 4.78 is 0. The molecule has 0 aromatic heterocycles. The number of thioether (sulfide) groups is 1. The van der Waals surface area contributed by atoms with Crippen molar-refractivity contribution in [2.24, 2.45) is 0 Å². The van der Waals surface area contributed by atoms with E-state index >= 15 is 0 Å². The van der Waals surface area contributed by atoms with Gasteiger partial charge < -0.3 is 10.4 Å². The van der Waals surface area contributed by atoms with Gasteiger partial charge in [0.1, 0.15) is 5.69 Å². The average molecular weight is 270 g/mol. The SMILES string of the molecule is Cc1ccc(NCCSCCCO)c([N+](=O)[O-])c1. The first-order valence-electron chi connectivity index (χ1n) is 5.82. The molecular weight excluding hydrogens is 252 g/mol. The third kappa shape index (κ3) is 4.93. The minimum Gasteiger partial charge on any atom is -0.396 e. The molecule has 0 bridgehead atoms. The van der Waals surface area contributed by atoms with Crippen molar-refractivity contribution >= 4 is 23.1 Å². The number of aliphatic hydroxyl groups excluding tert-OH is 1. The van der Waals surface area contributed by atoms with Gasteiger partial charge in [-0.25, -0.2) is 0 Å². The maximum Gasteiger partial charge on any atom is 0.292 e. The summed E-state index contributed by atoms with van der Waals surface area (Å²) in [5.74, 6) is 1.78. The Labute approximate surface area is 111 Å². The second-order valence-corrected chi connectivity index (χ2v) is 5.12. The molecule has 2 N–H and O–H groups in total.